The van der Waals surface area contributed by atoms with E-state index >= 15 is 0 Å². The van der Waals surface area contributed by atoms with Crippen LogP contribution < -0.4 is 0 Å². The number of nitrogens with zero attached hydrogens (tertiary/aromatic N) is 3. The summed E-state index contributed by atoms with van der Waals surface area (Å²) in [6.07, 6.45) is 0. The maximum atomic E-state index is 7.91. The summed E-state index contributed by atoms with van der Waals surface area (Å²) >= 11 is -2.66. The third-order valence-electron chi connectivity index (χ3n) is 0.387. The first kappa shape index (κ1) is 6.11. The normalized spacial score (nSPS) is 4.71. The number of rotatable bonds is 0. The monoisotopic (exact) mass is 147 g/mol. The Balaban J connectivity index is 3.82. The molecule has 0 atom stereocenters. The van der Waals surface area contributed by atoms with Crippen LogP contribution in [0.1, 0.15) is 0 Å². The Morgan fingerprint density at radius 2 is 1.14 bits per heavy atom. The van der Waals surface area contributed by atoms with E-state index in [9.17, 15) is 0 Å². The summed E-state index contributed by atoms with van der Waals surface area (Å²) < 4.78 is 5.00. The molecule has 0 saturated heterocycles. The third-order valence-corrected chi connectivity index (χ3v) is 2.01. The van der Waals surface area contributed by atoms with E-state index in [0.717, 1.165) is 0 Å². The molecule has 0 aromatic rings. The molecule has 30 valence electrons. The second kappa shape index (κ2) is 3.30. The number of nitriles is 3. The van der Waals surface area contributed by atoms with Crippen molar-refractivity contribution in [1.29, 1.82) is 15.8 Å². The van der Waals surface area contributed by atoms with Crippen LogP contribution in [0.2, 0.25) is 0 Å². The van der Waals surface area contributed by atoms with Gasteiger partial charge < -0.3 is 0 Å². The maximum absolute atomic E-state index is 7.91. The molecule has 0 radical (unpaired) electrons. The van der Waals surface area contributed by atoms with E-state index in [2.05, 4.69) is 0 Å². The fourth-order valence-corrected chi connectivity index (χ4v) is 0.450. The molecule has 0 aromatic carbocycles. The molecule has 0 aliphatic heterocycles. The number of hydrogen-bond acceptors (Lipinski definition) is 3. The molecule has 0 saturated carbocycles. The van der Waals surface area contributed by atoms with Gasteiger partial charge in [0.15, 0.2) is 0 Å². The fourth-order valence-electron chi connectivity index (χ4n) is 0.0866. The predicted molar refractivity (Wildman–Crippen MR) is 22.6 cm³/mol. The number of hydrogen-bond donors (Lipinski definition) is 0. The molecular weight excluding hydrogens is 148 g/mol. The van der Waals surface area contributed by atoms with Gasteiger partial charge in [-0.15, -0.1) is 0 Å². The average molecular weight is 148 g/mol. The van der Waals surface area contributed by atoms with E-state index in [-0.39, 0.29) is 0 Å². The van der Waals surface area contributed by atoms with E-state index < -0.39 is 16.2 Å². The molecular formula is C3GaN3. The topological polar surface area (TPSA) is 71.4 Å². The molecule has 0 aliphatic rings. The zero-order valence-electron chi connectivity index (χ0n) is 3.42. The average Bonchev–Trinajstić information content (AvgIpc) is 1.72. The summed E-state index contributed by atoms with van der Waals surface area (Å²) in [4.78, 5) is 0. The van der Waals surface area contributed by atoms with E-state index in [1.165, 1.54) is 0 Å². The summed E-state index contributed by atoms with van der Waals surface area (Å²) in [5.41, 5.74) is 0. The SMILES string of the molecule is N#[C][Ga]([C]#N)[C]#N. The van der Waals surface area contributed by atoms with Crippen molar-refractivity contribution >= 4 is 16.2 Å². The molecule has 0 N–H and O–H groups in total. The summed E-state index contributed by atoms with van der Waals surface area (Å²) in [6, 6.07) is 0. The Bertz CT molecular complexity index is 133. The molecule has 0 fully saturated rings. The standard InChI is InChI=1S/3CN.Ga/c3*1-2;. The van der Waals surface area contributed by atoms with Crippen LogP contribution in [0.25, 0.3) is 0 Å². The van der Waals surface area contributed by atoms with Gasteiger partial charge in [-0.25, -0.2) is 0 Å². The van der Waals surface area contributed by atoms with Crippen molar-refractivity contribution in [3.63, 3.8) is 0 Å². The summed E-state index contributed by atoms with van der Waals surface area (Å²) in [6.45, 7) is 0. The van der Waals surface area contributed by atoms with Crippen LogP contribution in [0.5, 0.6) is 0 Å². The Morgan fingerprint density at radius 1 is 0.857 bits per heavy atom. The molecule has 7 heavy (non-hydrogen) atoms. The Morgan fingerprint density at radius 3 is 1.14 bits per heavy atom. The quantitative estimate of drug-likeness (QED) is 0.441. The van der Waals surface area contributed by atoms with Crippen molar-refractivity contribution in [3.8, 4) is 13.9 Å². The van der Waals surface area contributed by atoms with E-state index in [0.29, 0.717) is 0 Å². The zero-order valence-corrected chi connectivity index (χ0v) is 5.84. The van der Waals surface area contributed by atoms with Crippen molar-refractivity contribution in [1.82, 2.24) is 0 Å². The van der Waals surface area contributed by atoms with E-state index in [1.807, 2.05) is 0 Å². The molecule has 0 rings (SSSR count). The molecule has 0 unspecified atom stereocenters. The van der Waals surface area contributed by atoms with Gasteiger partial charge in [-0.05, 0) is 0 Å². The van der Waals surface area contributed by atoms with Gasteiger partial charge in [-0.3, -0.25) is 0 Å². The van der Waals surface area contributed by atoms with Crippen LogP contribution in [-0.4, -0.2) is 16.2 Å². The van der Waals surface area contributed by atoms with Crippen LogP contribution in [-0.2, 0) is 0 Å². The minimum atomic E-state index is -2.66. The van der Waals surface area contributed by atoms with Gasteiger partial charge in [0, 0.05) is 0 Å². The predicted octanol–water partition coefficient (Wildman–Crippen LogP) is -0.330. The summed E-state index contributed by atoms with van der Waals surface area (Å²) in [7, 11) is 0. The van der Waals surface area contributed by atoms with Crippen molar-refractivity contribution in [2.75, 3.05) is 0 Å². The summed E-state index contributed by atoms with van der Waals surface area (Å²) in [5.74, 6) is 0. The van der Waals surface area contributed by atoms with Gasteiger partial charge in [0.25, 0.3) is 0 Å². The van der Waals surface area contributed by atoms with Gasteiger partial charge >= 0.3 is 45.9 Å². The molecule has 0 spiro atoms. The van der Waals surface area contributed by atoms with Gasteiger partial charge in [-0.2, -0.15) is 0 Å². The third kappa shape index (κ3) is 1.89. The van der Waals surface area contributed by atoms with Gasteiger partial charge in [0.05, 0.1) is 0 Å². The minimum absolute atomic E-state index is 1.67. The summed E-state index contributed by atoms with van der Waals surface area (Å²) in [5, 5.41) is 23.7. The van der Waals surface area contributed by atoms with Crippen molar-refractivity contribution in [2.45, 2.75) is 0 Å². The molecule has 3 nitrogen and oxygen atoms in total. The molecule has 4 heteroatoms. The van der Waals surface area contributed by atoms with Crippen LogP contribution in [0.4, 0.5) is 0 Å². The van der Waals surface area contributed by atoms with Crippen LogP contribution >= 0.6 is 0 Å². The van der Waals surface area contributed by atoms with Gasteiger partial charge in [0.2, 0.25) is 0 Å². The molecule has 0 heterocycles. The molecule has 0 aliphatic carbocycles. The second-order valence-corrected chi connectivity index (χ2v) is 4.26. The first-order valence-corrected chi connectivity index (χ1v) is 5.17. The molecule has 0 aromatic heterocycles. The van der Waals surface area contributed by atoms with Crippen LogP contribution in [0.3, 0.4) is 0 Å². The Labute approximate surface area is 46.4 Å². The molecule has 0 amide bonds. The first-order valence-electron chi connectivity index (χ1n) is 1.54. The Hall–Kier alpha value is -0.894. The van der Waals surface area contributed by atoms with Crippen molar-refractivity contribution < 1.29 is 0 Å². The second-order valence-electron chi connectivity index (χ2n) is 0.820. The van der Waals surface area contributed by atoms with E-state index in [4.69, 9.17) is 15.8 Å². The van der Waals surface area contributed by atoms with Crippen LogP contribution in [0, 0.1) is 29.7 Å². The van der Waals surface area contributed by atoms with Gasteiger partial charge in [-0.1, -0.05) is 0 Å². The van der Waals surface area contributed by atoms with E-state index in [1.54, 1.807) is 13.9 Å². The van der Waals surface area contributed by atoms with Crippen molar-refractivity contribution in [3.05, 3.63) is 0 Å². The fraction of sp³-hybridized carbons (Fsp3) is 0. The van der Waals surface area contributed by atoms with Gasteiger partial charge in [0.1, 0.15) is 0 Å². The van der Waals surface area contributed by atoms with Crippen LogP contribution in [0.15, 0.2) is 0 Å². The molecule has 0 bridgehead atoms. The zero-order chi connectivity index (χ0) is 5.70. The van der Waals surface area contributed by atoms with Crippen molar-refractivity contribution in [2.24, 2.45) is 0 Å². The first-order chi connectivity index (χ1) is 3.35. The Kier molecular flexibility index (Phi) is 2.88.